The highest BCUT2D eigenvalue weighted by Crippen LogP contribution is 2.12. The van der Waals surface area contributed by atoms with Gasteiger partial charge in [-0.3, -0.25) is 19.5 Å². The molecular weight excluding hydrogens is 284 g/mol. The van der Waals surface area contributed by atoms with Crippen LogP contribution in [0.2, 0.25) is 0 Å². The van der Waals surface area contributed by atoms with Crippen molar-refractivity contribution in [3.63, 3.8) is 0 Å². The molecule has 0 bridgehead atoms. The Hall–Kier alpha value is -1.15. The summed E-state index contributed by atoms with van der Waals surface area (Å²) in [5, 5.41) is 8.81. The lowest BCUT2D eigenvalue weighted by Gasteiger charge is -2.20. The second kappa shape index (κ2) is 8.91. The number of sulfonamides is 1. The van der Waals surface area contributed by atoms with Crippen LogP contribution >= 0.6 is 0 Å². The van der Waals surface area contributed by atoms with Gasteiger partial charge in [-0.05, 0) is 20.3 Å². The van der Waals surface area contributed by atoms with E-state index in [1.165, 1.54) is 13.8 Å². The van der Waals surface area contributed by atoms with Crippen LogP contribution in [-0.2, 0) is 19.6 Å². The van der Waals surface area contributed by atoms with Crippen LogP contribution in [0.15, 0.2) is 0 Å². The van der Waals surface area contributed by atoms with E-state index in [9.17, 15) is 23.2 Å². The molecule has 0 radical (unpaired) electrons. The number of carbonyl (C=O) groups is 2. The lowest BCUT2D eigenvalue weighted by Crippen LogP contribution is -2.42. The van der Waals surface area contributed by atoms with Crippen LogP contribution in [0.5, 0.6) is 0 Å². The number of unbranched alkanes of at least 4 members (excludes halogenated alkanes) is 2. The molecule has 0 aromatic carbocycles. The Balaban J connectivity index is 4.74. The predicted molar refractivity (Wildman–Crippen MR) is 74.4 cm³/mol. The van der Waals surface area contributed by atoms with E-state index in [4.69, 9.17) is 0 Å². The number of nitrogens with one attached hydrogen (secondary N) is 1. The molecule has 0 saturated heterocycles. The van der Waals surface area contributed by atoms with Crippen molar-refractivity contribution >= 4 is 22.3 Å². The quantitative estimate of drug-likeness (QED) is 0.270. The van der Waals surface area contributed by atoms with E-state index in [0.29, 0.717) is 11.5 Å². The van der Waals surface area contributed by atoms with Gasteiger partial charge in [0.2, 0.25) is 22.3 Å². The minimum Gasteiger partial charge on any atom is -0.286 e. The molecule has 2 N–H and O–H groups in total. The summed E-state index contributed by atoms with van der Waals surface area (Å²) < 4.78 is 25.3. The van der Waals surface area contributed by atoms with Gasteiger partial charge >= 0.3 is 0 Å². The molecule has 0 spiro atoms. The summed E-state index contributed by atoms with van der Waals surface area (Å²) in [4.78, 5) is 22.4. The van der Waals surface area contributed by atoms with Gasteiger partial charge in [0.15, 0.2) is 0 Å². The Morgan fingerprint density at radius 3 is 2.40 bits per heavy atom. The van der Waals surface area contributed by atoms with Crippen molar-refractivity contribution in [3.8, 4) is 0 Å². The van der Waals surface area contributed by atoms with Crippen molar-refractivity contribution in [1.82, 2.24) is 9.79 Å². The third kappa shape index (κ3) is 6.85. The Bertz CT molecular complexity index is 408. The number of amides is 2. The van der Waals surface area contributed by atoms with Crippen LogP contribution in [0.1, 0.15) is 46.5 Å². The zero-order valence-electron chi connectivity index (χ0n) is 12.2. The Morgan fingerprint density at radius 2 is 1.95 bits per heavy atom. The molecule has 8 heteroatoms. The Morgan fingerprint density at radius 1 is 1.35 bits per heavy atom. The zero-order chi connectivity index (χ0) is 15.8. The molecule has 0 rings (SSSR count). The summed E-state index contributed by atoms with van der Waals surface area (Å²) in [5.41, 5.74) is 0. The molecule has 0 aromatic heterocycles. The Labute approximate surface area is 120 Å². The molecule has 7 nitrogen and oxygen atoms in total. The molecule has 1 atom stereocenters. The summed E-state index contributed by atoms with van der Waals surface area (Å²) in [7, 11) is -3.70. The van der Waals surface area contributed by atoms with E-state index < -0.39 is 27.1 Å². The lowest BCUT2D eigenvalue weighted by molar-refractivity contribution is -0.154. The van der Waals surface area contributed by atoms with Crippen molar-refractivity contribution in [2.45, 2.75) is 51.7 Å². The molecule has 0 heterocycles. The molecule has 0 saturated carbocycles. The third-order valence-electron chi connectivity index (χ3n) is 2.92. The maximum Gasteiger partial charge on any atom is 0.238 e. The normalized spacial score (nSPS) is 13.1. The smallest absolute Gasteiger partial charge is 0.238 e. The first-order valence-corrected chi connectivity index (χ1v) is 8.25. The highest BCUT2D eigenvalue weighted by Gasteiger charge is 2.26. The SMILES string of the molecule is CCCCCC(CN(O)C=O)C(=O)NS(=O)(=O)C(C)C. The van der Waals surface area contributed by atoms with Gasteiger partial charge in [0.25, 0.3) is 0 Å². The van der Waals surface area contributed by atoms with Crippen LogP contribution in [-0.4, -0.2) is 42.8 Å². The maximum absolute atomic E-state index is 12.0. The van der Waals surface area contributed by atoms with Crippen molar-refractivity contribution in [3.05, 3.63) is 0 Å². The van der Waals surface area contributed by atoms with Gasteiger partial charge in [-0.25, -0.2) is 13.5 Å². The molecule has 0 aromatic rings. The number of carbonyl (C=O) groups excluding carboxylic acids is 2. The van der Waals surface area contributed by atoms with Gasteiger partial charge < -0.3 is 0 Å². The standard InChI is InChI=1S/C12H24N2O5S/c1-4-5-6-7-11(8-14(17)9-15)12(16)13-20(18,19)10(2)3/h9-11,17H,4-8H2,1-3H3,(H,13,16). The highest BCUT2D eigenvalue weighted by molar-refractivity contribution is 7.90. The first kappa shape index (κ1) is 18.9. The number of hydrogen-bond acceptors (Lipinski definition) is 5. The summed E-state index contributed by atoms with van der Waals surface area (Å²) in [6.45, 7) is 4.71. The topological polar surface area (TPSA) is 104 Å². The van der Waals surface area contributed by atoms with Gasteiger partial charge in [0.1, 0.15) is 0 Å². The first-order chi connectivity index (χ1) is 9.24. The fraction of sp³-hybridized carbons (Fsp3) is 0.833. The third-order valence-corrected chi connectivity index (χ3v) is 4.65. The minimum atomic E-state index is -3.70. The fourth-order valence-electron chi connectivity index (χ4n) is 1.56. The van der Waals surface area contributed by atoms with Gasteiger partial charge in [0, 0.05) is 0 Å². The van der Waals surface area contributed by atoms with E-state index in [0.717, 1.165) is 19.3 Å². The molecular formula is C12H24N2O5S. The Kier molecular flexibility index (Phi) is 8.40. The number of nitrogens with zero attached hydrogens (tertiary/aromatic N) is 1. The number of hydroxylamine groups is 2. The second-order valence-electron chi connectivity index (χ2n) is 4.98. The number of rotatable bonds is 10. The van der Waals surface area contributed by atoms with E-state index in [2.05, 4.69) is 0 Å². The summed E-state index contributed by atoms with van der Waals surface area (Å²) in [6, 6.07) is 0. The van der Waals surface area contributed by atoms with Crippen LogP contribution in [0, 0.1) is 5.92 Å². The van der Waals surface area contributed by atoms with Crippen molar-refractivity contribution < 1.29 is 23.2 Å². The van der Waals surface area contributed by atoms with Crippen LogP contribution < -0.4 is 4.72 Å². The van der Waals surface area contributed by atoms with E-state index in [1.807, 2.05) is 11.6 Å². The minimum absolute atomic E-state index is 0.192. The van der Waals surface area contributed by atoms with E-state index in [1.54, 1.807) is 0 Å². The van der Waals surface area contributed by atoms with Gasteiger partial charge in [-0.15, -0.1) is 0 Å². The summed E-state index contributed by atoms with van der Waals surface area (Å²) in [6.07, 6.45) is 3.18. The largest absolute Gasteiger partial charge is 0.286 e. The van der Waals surface area contributed by atoms with Gasteiger partial charge in [-0.2, -0.15) is 0 Å². The second-order valence-corrected chi connectivity index (χ2v) is 7.22. The average molecular weight is 308 g/mol. The van der Waals surface area contributed by atoms with Crippen molar-refractivity contribution in [1.29, 1.82) is 0 Å². The molecule has 118 valence electrons. The molecule has 0 fully saturated rings. The monoisotopic (exact) mass is 308 g/mol. The van der Waals surface area contributed by atoms with Crippen LogP contribution in [0.3, 0.4) is 0 Å². The van der Waals surface area contributed by atoms with Gasteiger partial charge in [-0.1, -0.05) is 26.2 Å². The highest BCUT2D eigenvalue weighted by atomic mass is 32.2. The molecule has 1 unspecified atom stereocenters. The predicted octanol–water partition coefficient (Wildman–Crippen LogP) is 0.885. The lowest BCUT2D eigenvalue weighted by atomic mass is 10.0. The molecule has 2 amide bonds. The number of hydrogen-bond donors (Lipinski definition) is 2. The molecule has 0 aliphatic heterocycles. The maximum atomic E-state index is 12.0. The average Bonchev–Trinajstić information content (AvgIpc) is 2.36. The van der Waals surface area contributed by atoms with E-state index >= 15 is 0 Å². The van der Waals surface area contributed by atoms with Crippen LogP contribution in [0.25, 0.3) is 0 Å². The fourth-order valence-corrected chi connectivity index (χ4v) is 2.24. The van der Waals surface area contributed by atoms with E-state index in [-0.39, 0.29) is 13.0 Å². The van der Waals surface area contributed by atoms with Gasteiger partial charge in [0.05, 0.1) is 17.7 Å². The van der Waals surface area contributed by atoms with Crippen LogP contribution in [0.4, 0.5) is 0 Å². The van der Waals surface area contributed by atoms with Crippen molar-refractivity contribution in [2.75, 3.05) is 6.54 Å². The summed E-state index contributed by atoms with van der Waals surface area (Å²) >= 11 is 0. The molecule has 0 aliphatic carbocycles. The molecule has 0 aliphatic rings. The zero-order valence-corrected chi connectivity index (χ0v) is 13.0. The molecule has 20 heavy (non-hydrogen) atoms. The first-order valence-electron chi connectivity index (χ1n) is 6.70. The summed E-state index contributed by atoms with van der Waals surface area (Å²) in [5.74, 6) is -1.43. The van der Waals surface area contributed by atoms with Crippen molar-refractivity contribution in [2.24, 2.45) is 5.92 Å².